The zero-order chi connectivity index (χ0) is 20.8. The van der Waals surface area contributed by atoms with Gasteiger partial charge in [0, 0.05) is 0 Å². The topological polar surface area (TPSA) is 75.1 Å². The van der Waals surface area contributed by atoms with Crippen LogP contribution in [0.1, 0.15) is 63.8 Å². The molecule has 5 nitrogen and oxygen atoms in total. The molecule has 0 unspecified atom stereocenters. The average Bonchev–Trinajstić information content (AvgIpc) is 2.61. The Morgan fingerprint density at radius 2 is 1.18 bits per heavy atom. The Kier molecular flexibility index (Phi) is 6.73. The third kappa shape index (κ3) is 6.65. The summed E-state index contributed by atoms with van der Waals surface area (Å²) >= 11 is 0. The Morgan fingerprint density at radius 3 is 1.61 bits per heavy atom. The van der Waals surface area contributed by atoms with E-state index in [0.717, 1.165) is 11.1 Å². The quantitative estimate of drug-likeness (QED) is 0.466. The molecular formula is C23H31N5. The number of hydrazone groups is 1. The van der Waals surface area contributed by atoms with Crippen molar-refractivity contribution in [3.05, 3.63) is 70.8 Å². The molecule has 0 bridgehead atoms. The van der Waals surface area contributed by atoms with Crippen molar-refractivity contribution in [2.24, 2.45) is 21.0 Å². The molecule has 0 radical (unpaired) electrons. The molecule has 28 heavy (non-hydrogen) atoms. The lowest BCUT2D eigenvalue weighted by atomic mass is 9.87. The molecule has 0 aromatic heterocycles. The van der Waals surface area contributed by atoms with E-state index in [0.29, 0.717) is 0 Å². The first-order valence-electron chi connectivity index (χ1n) is 9.42. The predicted octanol–water partition coefficient (Wildman–Crippen LogP) is 4.55. The Morgan fingerprint density at radius 1 is 0.750 bits per heavy atom. The number of nitrogens with two attached hydrogens (primary N) is 1. The highest BCUT2D eigenvalue weighted by molar-refractivity contribution is 5.84. The van der Waals surface area contributed by atoms with Crippen LogP contribution in [0, 0.1) is 0 Å². The van der Waals surface area contributed by atoms with Gasteiger partial charge in [0.05, 0.1) is 12.4 Å². The SMILES string of the molecule is CC(C)(C)c1ccc(/C=N/N=C(N)N/N=C/c2ccc(C(C)(C)C)cc2)cc1. The summed E-state index contributed by atoms with van der Waals surface area (Å²) in [4.78, 5) is 0. The number of nitrogens with one attached hydrogen (secondary N) is 1. The van der Waals surface area contributed by atoms with Crippen molar-refractivity contribution in [1.29, 1.82) is 0 Å². The second kappa shape index (κ2) is 8.83. The van der Waals surface area contributed by atoms with E-state index < -0.39 is 0 Å². The van der Waals surface area contributed by atoms with Gasteiger partial charge in [-0.25, -0.2) is 5.43 Å². The van der Waals surface area contributed by atoms with Gasteiger partial charge < -0.3 is 5.73 Å². The van der Waals surface area contributed by atoms with Gasteiger partial charge in [-0.05, 0) is 33.1 Å². The largest absolute Gasteiger partial charge is 0.367 e. The molecule has 0 saturated carbocycles. The monoisotopic (exact) mass is 377 g/mol. The summed E-state index contributed by atoms with van der Waals surface area (Å²) in [6, 6.07) is 16.5. The second-order valence-electron chi connectivity index (χ2n) is 8.84. The summed E-state index contributed by atoms with van der Waals surface area (Å²) in [6.07, 6.45) is 3.36. The Bertz CT molecular complexity index is 846. The molecule has 0 amide bonds. The van der Waals surface area contributed by atoms with E-state index in [-0.39, 0.29) is 16.8 Å². The molecule has 0 heterocycles. The lowest BCUT2D eigenvalue weighted by molar-refractivity contribution is 0.590. The molecule has 0 aliphatic carbocycles. The van der Waals surface area contributed by atoms with Gasteiger partial charge in [-0.15, -0.1) is 5.10 Å². The van der Waals surface area contributed by atoms with Crippen LogP contribution in [0.15, 0.2) is 63.8 Å². The summed E-state index contributed by atoms with van der Waals surface area (Å²) in [5.74, 6) is 0.130. The van der Waals surface area contributed by atoms with Crippen LogP contribution in [0.25, 0.3) is 0 Å². The summed E-state index contributed by atoms with van der Waals surface area (Å²) in [6.45, 7) is 13.1. The number of benzene rings is 2. The molecule has 3 N–H and O–H groups in total. The van der Waals surface area contributed by atoms with Crippen LogP contribution in [0.4, 0.5) is 0 Å². The van der Waals surface area contributed by atoms with Gasteiger partial charge in [0.15, 0.2) is 0 Å². The third-order valence-electron chi connectivity index (χ3n) is 4.32. The fraction of sp³-hybridized carbons (Fsp3) is 0.348. The van der Waals surface area contributed by atoms with Gasteiger partial charge in [0.1, 0.15) is 0 Å². The highest BCUT2D eigenvalue weighted by Gasteiger charge is 2.13. The number of rotatable bonds is 4. The Labute approximate surface area is 168 Å². The lowest BCUT2D eigenvalue weighted by Gasteiger charge is -2.18. The zero-order valence-corrected chi connectivity index (χ0v) is 17.7. The zero-order valence-electron chi connectivity index (χ0n) is 17.7. The Balaban J connectivity index is 1.90. The van der Waals surface area contributed by atoms with Gasteiger partial charge in [-0.3, -0.25) is 0 Å². The van der Waals surface area contributed by atoms with Crippen molar-refractivity contribution in [2.45, 2.75) is 52.4 Å². The summed E-state index contributed by atoms with van der Waals surface area (Å²) in [5, 5.41) is 12.0. The molecule has 0 atom stereocenters. The van der Waals surface area contributed by atoms with Gasteiger partial charge in [-0.2, -0.15) is 10.2 Å². The van der Waals surface area contributed by atoms with E-state index >= 15 is 0 Å². The minimum Gasteiger partial charge on any atom is -0.367 e. The van der Waals surface area contributed by atoms with E-state index in [1.165, 1.54) is 11.1 Å². The fourth-order valence-electron chi connectivity index (χ4n) is 2.49. The summed E-state index contributed by atoms with van der Waals surface area (Å²) in [5.41, 5.74) is 13.2. The maximum Gasteiger partial charge on any atom is 0.234 e. The highest BCUT2D eigenvalue weighted by atomic mass is 15.4. The van der Waals surface area contributed by atoms with Crippen LogP contribution < -0.4 is 11.2 Å². The van der Waals surface area contributed by atoms with Crippen LogP contribution in [0.3, 0.4) is 0 Å². The minimum absolute atomic E-state index is 0.130. The lowest BCUT2D eigenvalue weighted by Crippen LogP contribution is -2.26. The van der Waals surface area contributed by atoms with E-state index in [9.17, 15) is 0 Å². The predicted molar refractivity (Wildman–Crippen MR) is 120 cm³/mol. The van der Waals surface area contributed by atoms with E-state index in [1.807, 2.05) is 24.3 Å². The van der Waals surface area contributed by atoms with Gasteiger partial charge in [0.2, 0.25) is 5.96 Å². The van der Waals surface area contributed by atoms with Crippen molar-refractivity contribution in [2.75, 3.05) is 0 Å². The van der Waals surface area contributed by atoms with Crippen LogP contribution in [0.2, 0.25) is 0 Å². The molecule has 0 aliphatic rings. The number of guanidine groups is 1. The van der Waals surface area contributed by atoms with Gasteiger partial charge >= 0.3 is 0 Å². The first kappa shape index (κ1) is 21.4. The molecule has 0 saturated heterocycles. The van der Waals surface area contributed by atoms with E-state index in [4.69, 9.17) is 5.73 Å². The van der Waals surface area contributed by atoms with Crippen molar-refractivity contribution in [3.8, 4) is 0 Å². The molecule has 0 spiro atoms. The molecule has 0 aliphatic heterocycles. The van der Waals surface area contributed by atoms with Crippen molar-refractivity contribution >= 4 is 18.4 Å². The van der Waals surface area contributed by atoms with Crippen LogP contribution in [-0.2, 0) is 10.8 Å². The normalized spacial score (nSPS) is 13.4. The maximum absolute atomic E-state index is 5.78. The van der Waals surface area contributed by atoms with E-state index in [1.54, 1.807) is 12.4 Å². The first-order chi connectivity index (χ1) is 13.1. The van der Waals surface area contributed by atoms with Crippen molar-refractivity contribution in [1.82, 2.24) is 5.43 Å². The smallest absolute Gasteiger partial charge is 0.234 e. The van der Waals surface area contributed by atoms with Crippen molar-refractivity contribution in [3.63, 3.8) is 0 Å². The van der Waals surface area contributed by atoms with Crippen LogP contribution in [0.5, 0.6) is 0 Å². The van der Waals surface area contributed by atoms with Crippen LogP contribution in [-0.4, -0.2) is 18.4 Å². The molecular weight excluding hydrogens is 346 g/mol. The van der Waals surface area contributed by atoms with E-state index in [2.05, 4.69) is 86.5 Å². The second-order valence-corrected chi connectivity index (χ2v) is 8.84. The number of hydrogen-bond donors (Lipinski definition) is 2. The van der Waals surface area contributed by atoms with Gasteiger partial charge in [-0.1, -0.05) is 90.1 Å². The Hall–Kier alpha value is -2.95. The maximum atomic E-state index is 5.78. The van der Waals surface area contributed by atoms with Crippen LogP contribution >= 0.6 is 0 Å². The average molecular weight is 378 g/mol. The standard InChI is InChI=1S/C23H31N5/c1-22(2,3)19-11-7-17(8-12-19)15-25-27-21(24)28-26-16-18-9-13-20(14-10-18)23(4,5)6/h7-16H,1-6H3,(H3,24,27,28)/b25-15+,26-16+. The van der Waals surface area contributed by atoms with Gasteiger partial charge in [0.25, 0.3) is 0 Å². The molecule has 0 fully saturated rings. The molecule has 148 valence electrons. The highest BCUT2D eigenvalue weighted by Crippen LogP contribution is 2.22. The summed E-state index contributed by atoms with van der Waals surface area (Å²) < 4.78 is 0. The molecule has 2 rings (SSSR count). The third-order valence-corrected chi connectivity index (χ3v) is 4.32. The van der Waals surface area contributed by atoms with Crippen molar-refractivity contribution < 1.29 is 0 Å². The minimum atomic E-state index is 0.130. The first-order valence-corrected chi connectivity index (χ1v) is 9.42. The molecule has 5 heteroatoms. The number of hydrogen-bond acceptors (Lipinski definition) is 3. The number of nitrogens with zero attached hydrogens (tertiary/aromatic N) is 3. The molecule has 2 aromatic carbocycles. The fourth-order valence-corrected chi connectivity index (χ4v) is 2.49. The summed E-state index contributed by atoms with van der Waals surface area (Å²) in [7, 11) is 0. The molecule has 2 aromatic rings.